The molecule has 144 valence electrons. The van der Waals surface area contributed by atoms with Gasteiger partial charge in [-0.2, -0.15) is 35.1 Å². The third-order valence-electron chi connectivity index (χ3n) is 4.35. The lowest BCUT2D eigenvalue weighted by Gasteiger charge is -2.45. The van der Waals surface area contributed by atoms with Crippen LogP contribution in [0.15, 0.2) is 12.2 Å². The summed E-state index contributed by atoms with van der Waals surface area (Å²) in [6.45, 7) is 0.795. The molecular formula is C12H7F11O2. The lowest BCUT2D eigenvalue weighted by atomic mass is 9.75. The van der Waals surface area contributed by atoms with E-state index in [0.717, 1.165) is 6.92 Å². The molecule has 0 amide bonds. The number of alkyl halides is 11. The Hall–Kier alpha value is -1.56. The van der Waals surface area contributed by atoms with Crippen molar-refractivity contribution in [2.45, 2.75) is 47.6 Å². The summed E-state index contributed by atoms with van der Waals surface area (Å²) >= 11 is 0. The standard InChI is InChI=1S/C12H7F11O2/c1-4(2)5(24)25-3-6(13)7(14)10(18,19)8(15,9(6,16)17)12(22,23)11(7,20)21/h1,3H2,2H3. The summed E-state index contributed by atoms with van der Waals surface area (Å²) in [6.07, 6.45) is 0. The van der Waals surface area contributed by atoms with Gasteiger partial charge in [-0.25, -0.2) is 18.0 Å². The maximum absolute atomic E-state index is 14.4. The zero-order chi connectivity index (χ0) is 20.1. The van der Waals surface area contributed by atoms with E-state index in [2.05, 4.69) is 11.3 Å². The van der Waals surface area contributed by atoms with Gasteiger partial charge in [-0.15, -0.1) is 0 Å². The maximum atomic E-state index is 14.4. The van der Waals surface area contributed by atoms with Gasteiger partial charge in [0, 0.05) is 5.57 Å². The molecule has 2 saturated carbocycles. The van der Waals surface area contributed by atoms with Crippen LogP contribution in [0.25, 0.3) is 0 Å². The molecule has 2 rings (SSSR count). The number of fused-ring (bicyclic) bond motifs is 2. The van der Waals surface area contributed by atoms with Crippen LogP contribution in [0.5, 0.6) is 0 Å². The molecule has 3 unspecified atom stereocenters. The minimum absolute atomic E-state index is 0.679. The highest BCUT2D eigenvalue weighted by atomic mass is 19.3. The van der Waals surface area contributed by atoms with Crippen molar-refractivity contribution in [1.29, 1.82) is 0 Å². The molecule has 25 heavy (non-hydrogen) atoms. The van der Waals surface area contributed by atoms with Gasteiger partial charge in [0.2, 0.25) is 0 Å². The number of carbonyl (C=O) groups excluding carboxylic acids is 1. The second-order valence-electron chi connectivity index (χ2n) is 5.77. The van der Waals surface area contributed by atoms with Crippen LogP contribution >= 0.6 is 0 Å². The first-order valence-corrected chi connectivity index (χ1v) is 6.23. The van der Waals surface area contributed by atoms with Gasteiger partial charge in [0.05, 0.1) is 0 Å². The zero-order valence-corrected chi connectivity index (χ0v) is 11.9. The minimum atomic E-state index is -6.96. The monoisotopic (exact) mass is 392 g/mol. The second-order valence-corrected chi connectivity index (χ2v) is 5.77. The maximum Gasteiger partial charge on any atom is 0.359 e. The summed E-state index contributed by atoms with van der Waals surface area (Å²) in [5.74, 6) is -29.2. The Kier molecular flexibility index (Phi) is 3.47. The minimum Gasteiger partial charge on any atom is -0.459 e. The van der Waals surface area contributed by atoms with Crippen LogP contribution < -0.4 is 0 Å². The fourth-order valence-corrected chi connectivity index (χ4v) is 2.92. The van der Waals surface area contributed by atoms with Crippen molar-refractivity contribution in [3.63, 3.8) is 0 Å². The first kappa shape index (κ1) is 19.8. The Morgan fingerprint density at radius 1 is 0.760 bits per heavy atom. The average Bonchev–Trinajstić information content (AvgIpc) is 2.58. The van der Waals surface area contributed by atoms with Gasteiger partial charge in [-0.3, -0.25) is 0 Å². The van der Waals surface area contributed by atoms with Crippen molar-refractivity contribution in [1.82, 2.24) is 0 Å². The Morgan fingerprint density at radius 2 is 1.16 bits per heavy atom. The fraction of sp³-hybridized carbons (Fsp3) is 0.750. The molecule has 0 saturated heterocycles. The molecule has 2 bridgehead atoms. The molecule has 2 aliphatic rings. The molecule has 0 radical (unpaired) electrons. The normalized spacial score (nSPS) is 42.2. The smallest absolute Gasteiger partial charge is 0.359 e. The lowest BCUT2D eigenvalue weighted by Crippen LogP contribution is -2.77. The van der Waals surface area contributed by atoms with Gasteiger partial charge in [0.15, 0.2) is 0 Å². The predicted molar refractivity (Wildman–Crippen MR) is 57.1 cm³/mol. The van der Waals surface area contributed by atoms with E-state index in [9.17, 15) is 53.1 Å². The number of hydrogen-bond acceptors (Lipinski definition) is 2. The molecular weight excluding hydrogens is 385 g/mol. The second kappa shape index (κ2) is 4.40. The van der Waals surface area contributed by atoms with Gasteiger partial charge < -0.3 is 4.74 Å². The van der Waals surface area contributed by atoms with Crippen LogP contribution in [-0.4, -0.2) is 53.3 Å². The Bertz CT molecular complexity index is 659. The Morgan fingerprint density at radius 3 is 1.52 bits per heavy atom. The number of esters is 1. The first-order valence-electron chi connectivity index (χ1n) is 6.23. The molecule has 0 heterocycles. The van der Waals surface area contributed by atoms with E-state index in [4.69, 9.17) is 0 Å². The first-order chi connectivity index (χ1) is 10.8. The predicted octanol–water partition coefficient (Wildman–Crippen LogP) is 3.80. The van der Waals surface area contributed by atoms with Gasteiger partial charge in [0.1, 0.15) is 6.61 Å². The Labute approximate surface area is 131 Å². The third-order valence-corrected chi connectivity index (χ3v) is 4.35. The molecule has 0 spiro atoms. The van der Waals surface area contributed by atoms with Crippen LogP contribution in [0.2, 0.25) is 0 Å². The molecule has 3 atom stereocenters. The SMILES string of the molecule is C=C(C)C(=O)OCC1(F)C(F)(F)C2(F)C(F)(F)C(F)(F)C1(F)C2(F)F. The van der Waals surface area contributed by atoms with Crippen molar-refractivity contribution in [3.8, 4) is 0 Å². The third kappa shape index (κ3) is 1.45. The molecule has 0 aromatic rings. The van der Waals surface area contributed by atoms with E-state index in [1.807, 2.05) is 0 Å². The van der Waals surface area contributed by atoms with Gasteiger partial charge in [-0.1, -0.05) is 6.58 Å². The largest absolute Gasteiger partial charge is 0.459 e. The lowest BCUT2D eigenvalue weighted by molar-refractivity contribution is -0.379. The van der Waals surface area contributed by atoms with E-state index in [0.29, 0.717) is 0 Å². The highest BCUT2D eigenvalue weighted by Gasteiger charge is 3.16. The number of carbonyl (C=O) groups is 1. The summed E-state index contributed by atoms with van der Waals surface area (Å²) in [5.41, 5.74) is -20.3. The Balaban J connectivity index is 2.73. The van der Waals surface area contributed by atoms with Crippen LogP contribution in [-0.2, 0) is 9.53 Å². The van der Waals surface area contributed by atoms with Crippen LogP contribution in [0.4, 0.5) is 48.3 Å². The van der Waals surface area contributed by atoms with Crippen molar-refractivity contribution in [2.75, 3.05) is 6.61 Å². The highest BCUT2D eigenvalue weighted by molar-refractivity contribution is 5.87. The number of hydrogen-bond donors (Lipinski definition) is 0. The van der Waals surface area contributed by atoms with Crippen molar-refractivity contribution in [2.24, 2.45) is 0 Å². The zero-order valence-electron chi connectivity index (χ0n) is 11.9. The number of ether oxygens (including phenoxy) is 1. The molecule has 0 aliphatic heterocycles. The molecule has 2 nitrogen and oxygen atoms in total. The van der Waals surface area contributed by atoms with Crippen LogP contribution in [0.1, 0.15) is 6.92 Å². The van der Waals surface area contributed by atoms with Gasteiger partial charge in [0.25, 0.3) is 11.3 Å². The number of rotatable bonds is 3. The van der Waals surface area contributed by atoms with Crippen molar-refractivity contribution in [3.05, 3.63) is 12.2 Å². The topological polar surface area (TPSA) is 26.3 Å². The quantitative estimate of drug-likeness (QED) is 0.415. The molecule has 13 heteroatoms. The van der Waals surface area contributed by atoms with Gasteiger partial charge >= 0.3 is 35.3 Å². The molecule has 0 aromatic heterocycles. The summed E-state index contributed by atoms with van der Waals surface area (Å²) in [7, 11) is 0. The van der Waals surface area contributed by atoms with Crippen molar-refractivity contribution < 1.29 is 57.8 Å². The summed E-state index contributed by atoms with van der Waals surface area (Å²) in [4.78, 5) is 11.0. The fourth-order valence-electron chi connectivity index (χ4n) is 2.92. The van der Waals surface area contributed by atoms with Gasteiger partial charge in [-0.05, 0) is 6.92 Å². The average molecular weight is 392 g/mol. The highest BCUT2D eigenvalue weighted by Crippen LogP contribution is 2.82. The van der Waals surface area contributed by atoms with E-state index < -0.39 is 58.8 Å². The summed E-state index contributed by atoms with van der Waals surface area (Å²) in [5, 5.41) is 0. The van der Waals surface area contributed by atoms with Crippen LogP contribution in [0, 0.1) is 0 Å². The summed E-state index contributed by atoms with van der Waals surface area (Å²) in [6, 6.07) is 0. The van der Waals surface area contributed by atoms with Crippen LogP contribution in [0.3, 0.4) is 0 Å². The van der Waals surface area contributed by atoms with E-state index in [-0.39, 0.29) is 0 Å². The molecule has 2 aliphatic carbocycles. The number of halogens is 11. The molecule has 0 aromatic carbocycles. The molecule has 0 N–H and O–H groups in total. The molecule has 2 fully saturated rings. The van der Waals surface area contributed by atoms with E-state index in [1.54, 1.807) is 0 Å². The van der Waals surface area contributed by atoms with Crippen molar-refractivity contribution >= 4 is 5.97 Å². The van der Waals surface area contributed by atoms with E-state index in [1.165, 1.54) is 0 Å². The van der Waals surface area contributed by atoms with E-state index >= 15 is 0 Å². The summed E-state index contributed by atoms with van der Waals surface area (Å²) < 4.78 is 155.